The highest BCUT2D eigenvalue weighted by molar-refractivity contribution is 6.29. The molecule has 108 valence electrons. The van der Waals surface area contributed by atoms with E-state index in [0.717, 1.165) is 22.0 Å². The van der Waals surface area contributed by atoms with Gasteiger partial charge in [0.2, 0.25) is 5.88 Å². The molecule has 2 aromatic heterocycles. The molecule has 0 N–H and O–H groups in total. The molecule has 0 bridgehead atoms. The Kier molecular flexibility index (Phi) is 2.98. The quantitative estimate of drug-likeness (QED) is 0.557. The lowest BCUT2D eigenvalue weighted by Gasteiger charge is -2.06. The summed E-state index contributed by atoms with van der Waals surface area (Å²) in [5.74, 6) is 0.578. The number of ether oxygens (including phenoxy) is 1. The molecule has 0 aliphatic heterocycles. The molecule has 4 rings (SSSR count). The number of benzene rings is 2. The van der Waals surface area contributed by atoms with Gasteiger partial charge in [-0.2, -0.15) is 9.61 Å². The molecule has 0 radical (unpaired) electrons. The topological polar surface area (TPSA) is 39.4 Å². The smallest absolute Gasteiger partial charge is 0.243 e. The summed E-state index contributed by atoms with van der Waals surface area (Å²) in [6, 6.07) is 17.9. The van der Waals surface area contributed by atoms with Crippen molar-refractivity contribution in [3.8, 4) is 17.1 Å². The second-order valence-corrected chi connectivity index (χ2v) is 5.31. The number of fused-ring (bicyclic) bond motifs is 2. The predicted molar refractivity (Wildman–Crippen MR) is 87.5 cm³/mol. The SMILES string of the molecule is COc1c(-c2cccc3ccccc23)nc2ccc(Cl)nn12. The van der Waals surface area contributed by atoms with Crippen LogP contribution in [0.2, 0.25) is 5.15 Å². The van der Waals surface area contributed by atoms with E-state index in [9.17, 15) is 0 Å². The molecule has 2 aromatic carbocycles. The monoisotopic (exact) mass is 309 g/mol. The molecule has 0 fully saturated rings. The zero-order chi connectivity index (χ0) is 15.1. The van der Waals surface area contributed by atoms with Crippen LogP contribution in [0.25, 0.3) is 27.7 Å². The standard InChI is InChI=1S/C17H12ClN3O/c1-22-17-16(19-15-10-9-14(18)20-21(15)17)13-8-4-6-11-5-2-3-7-12(11)13/h2-10H,1H3. The van der Waals surface area contributed by atoms with Crippen molar-refractivity contribution in [1.82, 2.24) is 14.6 Å². The largest absolute Gasteiger partial charge is 0.479 e. The average molecular weight is 310 g/mol. The summed E-state index contributed by atoms with van der Waals surface area (Å²) in [7, 11) is 1.61. The first-order valence-corrected chi connectivity index (χ1v) is 7.23. The molecule has 22 heavy (non-hydrogen) atoms. The number of imidazole rings is 1. The van der Waals surface area contributed by atoms with Gasteiger partial charge in [0.25, 0.3) is 0 Å². The Morgan fingerprint density at radius 3 is 2.68 bits per heavy atom. The average Bonchev–Trinajstić information content (AvgIpc) is 2.91. The fourth-order valence-corrected chi connectivity index (χ4v) is 2.82. The summed E-state index contributed by atoms with van der Waals surface area (Å²) in [5.41, 5.74) is 2.47. The van der Waals surface area contributed by atoms with Gasteiger partial charge in [-0.1, -0.05) is 54.1 Å². The normalized spacial score (nSPS) is 11.2. The van der Waals surface area contributed by atoms with Gasteiger partial charge < -0.3 is 4.74 Å². The van der Waals surface area contributed by atoms with Gasteiger partial charge in [0.15, 0.2) is 5.65 Å². The van der Waals surface area contributed by atoms with E-state index in [0.29, 0.717) is 16.7 Å². The van der Waals surface area contributed by atoms with Crippen LogP contribution in [0.4, 0.5) is 0 Å². The van der Waals surface area contributed by atoms with E-state index in [-0.39, 0.29) is 0 Å². The van der Waals surface area contributed by atoms with E-state index in [4.69, 9.17) is 16.3 Å². The van der Waals surface area contributed by atoms with Crippen LogP contribution in [-0.4, -0.2) is 21.7 Å². The Morgan fingerprint density at radius 2 is 1.82 bits per heavy atom. The van der Waals surface area contributed by atoms with Gasteiger partial charge >= 0.3 is 0 Å². The maximum atomic E-state index is 5.98. The van der Waals surface area contributed by atoms with Crippen LogP contribution in [-0.2, 0) is 0 Å². The highest BCUT2D eigenvalue weighted by Gasteiger charge is 2.17. The van der Waals surface area contributed by atoms with Crippen LogP contribution in [0.15, 0.2) is 54.6 Å². The van der Waals surface area contributed by atoms with Crippen molar-refractivity contribution in [1.29, 1.82) is 0 Å². The van der Waals surface area contributed by atoms with Crippen molar-refractivity contribution >= 4 is 28.0 Å². The molecule has 0 aliphatic rings. The van der Waals surface area contributed by atoms with E-state index in [2.05, 4.69) is 28.3 Å². The molecule has 0 saturated heterocycles. The molecular formula is C17H12ClN3O. The Bertz CT molecular complexity index is 988. The summed E-state index contributed by atoms with van der Waals surface area (Å²) in [6.07, 6.45) is 0. The first-order chi connectivity index (χ1) is 10.8. The molecule has 0 atom stereocenters. The van der Waals surface area contributed by atoms with Crippen molar-refractivity contribution in [2.75, 3.05) is 7.11 Å². The predicted octanol–water partition coefficient (Wildman–Crippen LogP) is 4.21. The lowest BCUT2D eigenvalue weighted by Crippen LogP contribution is -1.96. The Hall–Kier alpha value is -2.59. The third-order valence-electron chi connectivity index (χ3n) is 3.64. The lowest BCUT2D eigenvalue weighted by atomic mass is 10.0. The van der Waals surface area contributed by atoms with Crippen LogP contribution < -0.4 is 4.74 Å². The van der Waals surface area contributed by atoms with Crippen LogP contribution in [0.5, 0.6) is 5.88 Å². The molecule has 0 amide bonds. The second kappa shape index (κ2) is 5.00. The fraction of sp³-hybridized carbons (Fsp3) is 0.0588. The molecule has 5 heteroatoms. The van der Waals surface area contributed by atoms with Crippen molar-refractivity contribution < 1.29 is 4.74 Å². The third kappa shape index (κ3) is 1.92. The fourth-order valence-electron chi connectivity index (χ4n) is 2.68. The number of methoxy groups -OCH3 is 1. The summed E-state index contributed by atoms with van der Waals surface area (Å²) in [4.78, 5) is 4.66. The second-order valence-electron chi connectivity index (χ2n) is 4.92. The number of hydrogen-bond donors (Lipinski definition) is 0. The molecule has 0 saturated carbocycles. The van der Waals surface area contributed by atoms with E-state index in [1.165, 1.54) is 0 Å². The highest BCUT2D eigenvalue weighted by Crippen LogP contribution is 2.34. The first kappa shape index (κ1) is 13.1. The van der Waals surface area contributed by atoms with Crippen molar-refractivity contribution in [2.24, 2.45) is 0 Å². The van der Waals surface area contributed by atoms with Gasteiger partial charge in [0.05, 0.1) is 7.11 Å². The molecule has 0 spiro atoms. The van der Waals surface area contributed by atoms with Crippen molar-refractivity contribution in [3.63, 3.8) is 0 Å². The van der Waals surface area contributed by atoms with Gasteiger partial charge in [-0.15, -0.1) is 0 Å². The summed E-state index contributed by atoms with van der Waals surface area (Å²) in [6.45, 7) is 0. The summed E-state index contributed by atoms with van der Waals surface area (Å²) < 4.78 is 7.16. The van der Waals surface area contributed by atoms with Crippen molar-refractivity contribution in [2.45, 2.75) is 0 Å². The van der Waals surface area contributed by atoms with Crippen LogP contribution in [0, 0.1) is 0 Å². The van der Waals surface area contributed by atoms with E-state index >= 15 is 0 Å². The maximum absolute atomic E-state index is 5.98. The van der Waals surface area contributed by atoms with Gasteiger partial charge in [-0.3, -0.25) is 0 Å². The van der Waals surface area contributed by atoms with Gasteiger partial charge in [0.1, 0.15) is 10.8 Å². The zero-order valence-corrected chi connectivity index (χ0v) is 12.6. The van der Waals surface area contributed by atoms with Crippen molar-refractivity contribution in [3.05, 3.63) is 59.8 Å². The molecule has 2 heterocycles. The van der Waals surface area contributed by atoms with E-state index in [1.807, 2.05) is 30.3 Å². The van der Waals surface area contributed by atoms with E-state index in [1.54, 1.807) is 17.7 Å². The van der Waals surface area contributed by atoms with E-state index < -0.39 is 0 Å². The number of halogens is 1. The minimum Gasteiger partial charge on any atom is -0.479 e. The van der Waals surface area contributed by atoms with Gasteiger partial charge in [0, 0.05) is 5.56 Å². The number of nitrogens with zero attached hydrogens (tertiary/aromatic N) is 3. The molecular weight excluding hydrogens is 298 g/mol. The lowest BCUT2D eigenvalue weighted by molar-refractivity contribution is 0.389. The highest BCUT2D eigenvalue weighted by atomic mass is 35.5. The molecule has 0 unspecified atom stereocenters. The Labute approximate surface area is 131 Å². The number of rotatable bonds is 2. The first-order valence-electron chi connectivity index (χ1n) is 6.85. The molecule has 0 aliphatic carbocycles. The van der Waals surface area contributed by atoms with Gasteiger partial charge in [-0.25, -0.2) is 4.98 Å². The summed E-state index contributed by atoms with van der Waals surface area (Å²) in [5, 5.41) is 6.94. The summed E-state index contributed by atoms with van der Waals surface area (Å²) >= 11 is 5.98. The van der Waals surface area contributed by atoms with Gasteiger partial charge in [-0.05, 0) is 22.9 Å². The molecule has 4 aromatic rings. The maximum Gasteiger partial charge on any atom is 0.243 e. The molecule has 4 nitrogen and oxygen atoms in total. The van der Waals surface area contributed by atoms with Crippen LogP contribution in [0.1, 0.15) is 0 Å². The Balaban J connectivity index is 2.08. The van der Waals surface area contributed by atoms with Crippen LogP contribution in [0.3, 0.4) is 0 Å². The number of aromatic nitrogens is 3. The number of hydrogen-bond acceptors (Lipinski definition) is 3. The third-order valence-corrected chi connectivity index (χ3v) is 3.84. The minimum absolute atomic E-state index is 0.396. The minimum atomic E-state index is 0.396. The van der Waals surface area contributed by atoms with Crippen LogP contribution >= 0.6 is 11.6 Å². The Morgan fingerprint density at radius 1 is 1.00 bits per heavy atom. The zero-order valence-electron chi connectivity index (χ0n) is 11.8.